The maximum Gasteiger partial charge on any atom is 0 e. The molecule has 0 atom stereocenters. The van der Waals surface area contributed by atoms with Gasteiger partial charge in [-0.2, -0.15) is 0 Å². The zero-order chi connectivity index (χ0) is 0. The van der Waals surface area contributed by atoms with Gasteiger partial charge in [-0.15, -0.1) is 0 Å². The van der Waals surface area contributed by atoms with E-state index in [9.17, 15) is 0 Å². The molecule has 0 fully saturated rings. The fraction of sp³-hybridized carbons (Fsp3) is 0. The van der Waals surface area contributed by atoms with Gasteiger partial charge >= 0.3 is 0 Å². The van der Waals surface area contributed by atoms with Gasteiger partial charge in [0.2, 0.25) is 0 Å². The average molecular weight is 373 g/mol. The van der Waals surface area contributed by atoms with Gasteiger partial charge in [-0.1, -0.05) is 0 Å². The SMILES string of the molecule is [Co].[Cu].[Ir].[Ni]. The first kappa shape index (κ1) is 35.0. The van der Waals surface area contributed by atoms with Crippen LogP contribution in [0, 0.1) is 0 Å². The Kier molecular flexibility index (Phi) is 167. The molecule has 0 amide bonds. The summed E-state index contributed by atoms with van der Waals surface area (Å²) in [4.78, 5) is 0. The molecule has 0 saturated carbocycles. The molecule has 0 aromatic rings. The van der Waals surface area contributed by atoms with Gasteiger partial charge in [0, 0.05) is 70.4 Å². The summed E-state index contributed by atoms with van der Waals surface area (Å²) >= 11 is 0. The first-order valence-corrected chi connectivity index (χ1v) is 0. The van der Waals surface area contributed by atoms with Crippen LogP contribution >= 0.6 is 0 Å². The molecular formula is CoCuIrNi. The zero-order valence-electron chi connectivity index (χ0n) is 1.28. The van der Waals surface area contributed by atoms with Crippen LogP contribution in [0.5, 0.6) is 0 Å². The minimum absolute atomic E-state index is 0. The molecule has 39 valence electrons. The Morgan fingerprint density at radius 3 is 1.00 bits per heavy atom. The fourth-order valence-corrected chi connectivity index (χ4v) is 0. The Morgan fingerprint density at radius 2 is 1.00 bits per heavy atom. The minimum Gasteiger partial charge on any atom is 0 e. The molecule has 0 spiro atoms. The Labute approximate surface area is 69.8 Å². The summed E-state index contributed by atoms with van der Waals surface area (Å²) in [6.07, 6.45) is 0. The van der Waals surface area contributed by atoms with Gasteiger partial charge in [-0.25, -0.2) is 0 Å². The number of hydrogen-bond acceptors (Lipinski definition) is 0. The van der Waals surface area contributed by atoms with E-state index in [1.54, 1.807) is 0 Å². The van der Waals surface area contributed by atoms with Gasteiger partial charge in [0.05, 0.1) is 0 Å². The second kappa shape index (κ2) is 19.1. The van der Waals surface area contributed by atoms with E-state index in [1.165, 1.54) is 0 Å². The molecule has 0 aliphatic carbocycles. The van der Waals surface area contributed by atoms with Gasteiger partial charge in [0.15, 0.2) is 0 Å². The molecule has 0 unspecified atom stereocenters. The molecular weight excluding hydrogens is 373 g/mol. The maximum absolute atomic E-state index is 0. The molecule has 0 aromatic heterocycles. The van der Waals surface area contributed by atoms with Crippen LogP contribution in [0.2, 0.25) is 0 Å². The second-order valence-electron chi connectivity index (χ2n) is 0. The van der Waals surface area contributed by atoms with Crippen molar-refractivity contribution in [2.45, 2.75) is 0 Å². The Morgan fingerprint density at radius 1 is 1.00 bits per heavy atom. The largest absolute Gasteiger partial charge is 0 e. The van der Waals surface area contributed by atoms with Crippen molar-refractivity contribution in [1.29, 1.82) is 0 Å². The summed E-state index contributed by atoms with van der Waals surface area (Å²) in [5.41, 5.74) is 0. The first-order valence-electron chi connectivity index (χ1n) is 0. The maximum atomic E-state index is 0. The van der Waals surface area contributed by atoms with Crippen LogP contribution < -0.4 is 0 Å². The molecule has 4 heavy (non-hydrogen) atoms. The first-order chi connectivity index (χ1) is 0. The van der Waals surface area contributed by atoms with Gasteiger partial charge < -0.3 is 0 Å². The van der Waals surface area contributed by atoms with Crippen molar-refractivity contribution in [3.63, 3.8) is 0 Å². The summed E-state index contributed by atoms with van der Waals surface area (Å²) < 4.78 is 0. The van der Waals surface area contributed by atoms with Crippen molar-refractivity contribution in [1.82, 2.24) is 0 Å². The summed E-state index contributed by atoms with van der Waals surface area (Å²) in [7, 11) is 0. The van der Waals surface area contributed by atoms with Gasteiger partial charge in [0.1, 0.15) is 0 Å². The molecule has 0 rings (SSSR count). The van der Waals surface area contributed by atoms with E-state index in [4.69, 9.17) is 0 Å². The molecule has 4 heteroatoms. The van der Waals surface area contributed by atoms with Crippen molar-refractivity contribution in [2.24, 2.45) is 0 Å². The Balaban J connectivity index is 0. The van der Waals surface area contributed by atoms with E-state index >= 15 is 0 Å². The minimum atomic E-state index is 0. The van der Waals surface area contributed by atoms with E-state index in [-0.39, 0.29) is 70.4 Å². The van der Waals surface area contributed by atoms with Crippen LogP contribution in [0.15, 0.2) is 0 Å². The Hall–Kier alpha value is 2.17. The molecule has 0 nitrogen and oxygen atoms in total. The van der Waals surface area contributed by atoms with Crippen molar-refractivity contribution >= 4 is 0 Å². The van der Waals surface area contributed by atoms with Gasteiger partial charge in [-0.05, 0) is 0 Å². The molecule has 3 radical (unpaired) electrons. The predicted molar refractivity (Wildman–Crippen MR) is 0 cm³/mol. The fourth-order valence-electron chi connectivity index (χ4n) is 0. The van der Waals surface area contributed by atoms with Gasteiger partial charge in [-0.3, -0.25) is 0 Å². The van der Waals surface area contributed by atoms with Gasteiger partial charge in [0.25, 0.3) is 0 Å². The third-order valence-corrected chi connectivity index (χ3v) is 0. The second-order valence-corrected chi connectivity index (χ2v) is 0. The number of rotatable bonds is 0. The number of hydrogen-bond donors (Lipinski definition) is 0. The normalized spacial score (nSPS) is 0. The molecule has 0 bridgehead atoms. The quantitative estimate of drug-likeness (QED) is 0.524. The van der Waals surface area contributed by atoms with Crippen LogP contribution in [0.25, 0.3) is 0 Å². The van der Waals surface area contributed by atoms with Crippen LogP contribution in [0.3, 0.4) is 0 Å². The molecule has 0 aromatic carbocycles. The van der Waals surface area contributed by atoms with E-state index in [1.807, 2.05) is 0 Å². The van der Waals surface area contributed by atoms with Crippen molar-refractivity contribution in [2.75, 3.05) is 0 Å². The molecule has 0 aliphatic heterocycles. The molecule has 0 N–H and O–H groups in total. The summed E-state index contributed by atoms with van der Waals surface area (Å²) in [6, 6.07) is 0. The van der Waals surface area contributed by atoms with Crippen molar-refractivity contribution < 1.29 is 70.4 Å². The molecule has 0 heterocycles. The van der Waals surface area contributed by atoms with Crippen molar-refractivity contribution in [3.8, 4) is 0 Å². The van der Waals surface area contributed by atoms with Crippen LogP contribution in [0.4, 0.5) is 0 Å². The Bertz CT molecular complexity index is 8.00. The summed E-state index contributed by atoms with van der Waals surface area (Å²) in [6.45, 7) is 0. The molecule has 0 saturated heterocycles. The topological polar surface area (TPSA) is 0 Å². The molecule has 0 aliphatic rings. The summed E-state index contributed by atoms with van der Waals surface area (Å²) in [5.74, 6) is 0. The van der Waals surface area contributed by atoms with Crippen LogP contribution in [-0.4, -0.2) is 0 Å². The zero-order valence-corrected chi connectivity index (χ0v) is 6.65. The van der Waals surface area contributed by atoms with E-state index < -0.39 is 0 Å². The predicted octanol–water partition coefficient (Wildman–Crippen LogP) is -0.0100. The smallest absolute Gasteiger partial charge is 0 e. The van der Waals surface area contributed by atoms with Crippen LogP contribution in [-0.2, 0) is 70.4 Å². The third-order valence-electron chi connectivity index (χ3n) is 0. The van der Waals surface area contributed by atoms with E-state index in [0.717, 1.165) is 0 Å². The average Bonchev–Trinajstić information content (AvgIpc) is 0. The summed E-state index contributed by atoms with van der Waals surface area (Å²) in [5, 5.41) is 0. The monoisotopic (exact) mass is 373 g/mol. The van der Waals surface area contributed by atoms with Crippen LogP contribution in [0.1, 0.15) is 0 Å². The van der Waals surface area contributed by atoms with Crippen molar-refractivity contribution in [3.05, 3.63) is 0 Å². The standard InChI is InChI=1S/Co.Cu.Ir.Ni. The third kappa shape index (κ3) is 8.90. The van der Waals surface area contributed by atoms with E-state index in [2.05, 4.69) is 0 Å². The van der Waals surface area contributed by atoms with E-state index in [0.29, 0.717) is 0 Å².